The predicted molar refractivity (Wildman–Crippen MR) is 130 cm³/mol. The van der Waals surface area contributed by atoms with Crippen LogP contribution in [0, 0.1) is 56.2 Å². The Morgan fingerprint density at radius 1 is 0.581 bits per heavy atom. The third-order valence-electron chi connectivity index (χ3n) is 13.2. The monoisotopic (exact) mass is 426 g/mol. The maximum Gasteiger partial charge on any atom is 0.138 e. The molecule has 5 aliphatic rings. The van der Waals surface area contributed by atoms with Crippen LogP contribution in [0.5, 0.6) is 0 Å². The van der Waals surface area contributed by atoms with Gasteiger partial charge in [0.2, 0.25) is 0 Å². The maximum absolute atomic E-state index is 12.9. The van der Waals surface area contributed by atoms with Gasteiger partial charge in [0.1, 0.15) is 5.78 Å². The van der Waals surface area contributed by atoms with Gasteiger partial charge < -0.3 is 0 Å². The second-order valence-corrected chi connectivity index (χ2v) is 15.5. The smallest absolute Gasteiger partial charge is 0.138 e. The fraction of sp³-hybridized carbons (Fsp3) is 0.967. The quantitative estimate of drug-likeness (QED) is 0.379. The molecule has 0 aromatic heterocycles. The summed E-state index contributed by atoms with van der Waals surface area (Å²) in [6.07, 6.45) is 14.7. The Morgan fingerprint density at radius 2 is 1.10 bits per heavy atom. The van der Waals surface area contributed by atoms with Gasteiger partial charge in [0.25, 0.3) is 0 Å². The number of hydrogen-bond acceptors (Lipinski definition) is 1. The molecule has 5 aliphatic carbocycles. The molecule has 0 N–H and O–H groups in total. The van der Waals surface area contributed by atoms with Gasteiger partial charge in [-0.05, 0) is 115 Å². The molecule has 0 aliphatic heterocycles. The first kappa shape index (κ1) is 22.5. The van der Waals surface area contributed by atoms with Gasteiger partial charge in [0.15, 0.2) is 0 Å². The number of carbonyl (C=O) groups excluding carboxylic acids is 1. The third-order valence-corrected chi connectivity index (χ3v) is 13.2. The van der Waals surface area contributed by atoms with Crippen LogP contribution in [0.3, 0.4) is 0 Å². The van der Waals surface area contributed by atoms with E-state index in [1.807, 2.05) is 0 Å². The van der Waals surface area contributed by atoms with Crippen molar-refractivity contribution in [2.24, 2.45) is 56.2 Å². The van der Waals surface area contributed by atoms with Crippen LogP contribution in [0.1, 0.15) is 126 Å². The van der Waals surface area contributed by atoms with Crippen LogP contribution in [-0.4, -0.2) is 5.78 Å². The molecule has 0 radical (unpaired) electrons. The van der Waals surface area contributed by atoms with Crippen molar-refractivity contribution in [3.63, 3.8) is 0 Å². The molecule has 5 fully saturated rings. The third kappa shape index (κ3) is 2.83. The zero-order chi connectivity index (χ0) is 22.7. The van der Waals surface area contributed by atoms with E-state index in [4.69, 9.17) is 0 Å². The fourth-order valence-electron chi connectivity index (χ4n) is 11.4. The molecular weight excluding hydrogens is 376 g/mol. The summed E-state index contributed by atoms with van der Waals surface area (Å²) in [6.45, 7) is 20.4. The highest BCUT2D eigenvalue weighted by molar-refractivity contribution is 5.85. The van der Waals surface area contributed by atoms with Crippen LogP contribution in [0.4, 0.5) is 0 Å². The van der Waals surface area contributed by atoms with E-state index in [0.29, 0.717) is 38.8 Å². The topological polar surface area (TPSA) is 17.1 Å². The molecule has 0 saturated heterocycles. The first-order valence-electron chi connectivity index (χ1n) is 13.7. The molecule has 5 rings (SSSR count). The lowest BCUT2D eigenvalue weighted by molar-refractivity contribution is -0.232. The number of hydrogen-bond donors (Lipinski definition) is 0. The highest BCUT2D eigenvalue weighted by Gasteiger charge is 2.68. The summed E-state index contributed by atoms with van der Waals surface area (Å²) in [5.74, 6) is 3.72. The zero-order valence-corrected chi connectivity index (χ0v) is 22.0. The molecule has 176 valence electrons. The predicted octanol–water partition coefficient (Wildman–Crippen LogP) is 8.46. The van der Waals surface area contributed by atoms with Crippen molar-refractivity contribution >= 4 is 5.78 Å². The van der Waals surface area contributed by atoms with Gasteiger partial charge in [-0.2, -0.15) is 0 Å². The van der Waals surface area contributed by atoms with E-state index in [9.17, 15) is 4.79 Å². The van der Waals surface area contributed by atoms with Gasteiger partial charge in [-0.25, -0.2) is 0 Å². The van der Waals surface area contributed by atoms with Crippen LogP contribution in [0.2, 0.25) is 0 Å². The van der Waals surface area contributed by atoms with Crippen molar-refractivity contribution in [1.82, 2.24) is 0 Å². The van der Waals surface area contributed by atoms with Gasteiger partial charge in [-0.15, -0.1) is 0 Å². The molecular formula is C30H50O. The largest absolute Gasteiger partial charge is 0.299 e. The van der Waals surface area contributed by atoms with Gasteiger partial charge in [0, 0.05) is 11.8 Å². The maximum atomic E-state index is 12.9. The first-order valence-corrected chi connectivity index (χ1v) is 13.7. The average Bonchev–Trinajstić information content (AvgIpc) is 2.66. The minimum Gasteiger partial charge on any atom is -0.299 e. The van der Waals surface area contributed by atoms with Gasteiger partial charge in [-0.1, -0.05) is 55.4 Å². The minimum absolute atomic E-state index is 0.117. The van der Waals surface area contributed by atoms with Crippen molar-refractivity contribution in [2.75, 3.05) is 0 Å². The molecule has 0 aromatic rings. The van der Waals surface area contributed by atoms with E-state index >= 15 is 0 Å². The highest BCUT2D eigenvalue weighted by Crippen LogP contribution is 2.76. The van der Waals surface area contributed by atoms with E-state index in [-0.39, 0.29) is 5.41 Å². The summed E-state index contributed by atoms with van der Waals surface area (Å²) in [5.41, 5.74) is 2.32. The molecule has 0 spiro atoms. The highest BCUT2D eigenvalue weighted by atomic mass is 16.1. The summed E-state index contributed by atoms with van der Waals surface area (Å²) < 4.78 is 0. The van der Waals surface area contributed by atoms with E-state index in [1.165, 1.54) is 57.8 Å². The van der Waals surface area contributed by atoms with Crippen LogP contribution >= 0.6 is 0 Å². The lowest BCUT2D eigenvalue weighted by Crippen LogP contribution is -2.65. The molecule has 5 saturated carbocycles. The number of fused-ring (bicyclic) bond motifs is 7. The van der Waals surface area contributed by atoms with Crippen molar-refractivity contribution in [3.8, 4) is 0 Å². The Labute approximate surface area is 192 Å². The van der Waals surface area contributed by atoms with Crippen LogP contribution in [-0.2, 0) is 4.79 Å². The van der Waals surface area contributed by atoms with E-state index in [1.54, 1.807) is 0 Å². The fourth-order valence-corrected chi connectivity index (χ4v) is 11.4. The van der Waals surface area contributed by atoms with E-state index < -0.39 is 0 Å². The SMILES string of the molecule is CC1(C)CC[C@]2(C)CC[C@@H]3[C@]4(C)CC[C@H]5C(C)(C)C(=O)CC[C@]5(C)[C@H]4CC[C@@]3(C)[C@@H]2C1. The lowest BCUT2D eigenvalue weighted by atomic mass is 9.32. The first-order chi connectivity index (χ1) is 14.2. The Bertz CT molecular complexity index is 777. The summed E-state index contributed by atoms with van der Waals surface area (Å²) in [4.78, 5) is 12.9. The van der Waals surface area contributed by atoms with Gasteiger partial charge in [0.05, 0.1) is 0 Å². The molecule has 8 atom stereocenters. The molecule has 31 heavy (non-hydrogen) atoms. The Kier molecular flexibility index (Phi) is 4.65. The normalized spacial score (nSPS) is 55.4. The van der Waals surface area contributed by atoms with Crippen molar-refractivity contribution in [2.45, 2.75) is 126 Å². The molecule has 0 amide bonds. The van der Waals surface area contributed by atoms with E-state index in [0.717, 1.165) is 30.6 Å². The van der Waals surface area contributed by atoms with Gasteiger partial charge in [-0.3, -0.25) is 4.79 Å². The van der Waals surface area contributed by atoms with Crippen molar-refractivity contribution in [1.29, 1.82) is 0 Å². The molecule has 0 aromatic carbocycles. The molecule has 0 bridgehead atoms. The summed E-state index contributed by atoms with van der Waals surface area (Å²) in [5, 5.41) is 0. The number of ketones is 1. The van der Waals surface area contributed by atoms with Gasteiger partial charge >= 0.3 is 0 Å². The molecule has 1 heteroatoms. The van der Waals surface area contributed by atoms with Crippen LogP contribution in [0.15, 0.2) is 0 Å². The standard InChI is InChI=1S/C30H50O/c1-25(2)17-18-27(5)13-9-21-29(7)14-10-20-26(3,4)24(31)12-16-28(20,6)22(29)11-15-30(21,8)23(27)19-25/h20-23H,9-19H2,1-8H3/t20-,21+,22+,23+,27-,28-,29-,30+/m0/s1. The molecule has 0 heterocycles. The lowest BCUT2D eigenvalue weighted by Gasteiger charge is -2.72. The Morgan fingerprint density at radius 3 is 1.74 bits per heavy atom. The summed E-state index contributed by atoms with van der Waals surface area (Å²) >= 11 is 0. The molecule has 1 nitrogen and oxygen atoms in total. The number of rotatable bonds is 0. The zero-order valence-electron chi connectivity index (χ0n) is 22.0. The summed E-state index contributed by atoms with van der Waals surface area (Å²) in [6, 6.07) is 0. The Hall–Kier alpha value is -0.330. The Balaban J connectivity index is 1.52. The number of carbonyl (C=O) groups is 1. The average molecular weight is 427 g/mol. The van der Waals surface area contributed by atoms with E-state index in [2.05, 4.69) is 55.4 Å². The van der Waals surface area contributed by atoms with Crippen molar-refractivity contribution in [3.05, 3.63) is 0 Å². The van der Waals surface area contributed by atoms with Crippen molar-refractivity contribution < 1.29 is 4.79 Å². The number of Topliss-reactive ketones (excluding diaryl/α,β-unsaturated/α-hetero) is 1. The minimum atomic E-state index is -0.117. The van der Waals surface area contributed by atoms with Crippen LogP contribution < -0.4 is 0 Å². The molecule has 0 unspecified atom stereocenters. The second kappa shape index (κ2) is 6.41. The van der Waals surface area contributed by atoms with Crippen LogP contribution in [0.25, 0.3) is 0 Å². The summed E-state index contributed by atoms with van der Waals surface area (Å²) in [7, 11) is 0. The second-order valence-electron chi connectivity index (χ2n) is 15.5.